The van der Waals surface area contributed by atoms with E-state index in [1.807, 2.05) is 0 Å². The fourth-order valence-electron chi connectivity index (χ4n) is 4.13. The van der Waals surface area contributed by atoms with Gasteiger partial charge in [0.15, 0.2) is 0 Å². The quantitative estimate of drug-likeness (QED) is 0.485. The Bertz CT molecular complexity index is 371. The van der Waals surface area contributed by atoms with Crippen LogP contribution in [0.15, 0.2) is 24.3 Å². The number of allylic oxidation sites excluding steroid dienone is 2. The first-order valence-corrected chi connectivity index (χ1v) is 9.43. The highest BCUT2D eigenvalue weighted by molar-refractivity contribution is 4.89. The molecule has 1 saturated carbocycles. The van der Waals surface area contributed by atoms with Crippen molar-refractivity contribution in [2.24, 2.45) is 17.8 Å². The van der Waals surface area contributed by atoms with Gasteiger partial charge in [-0.25, -0.2) is 0 Å². The van der Waals surface area contributed by atoms with Gasteiger partial charge in [-0.05, 0) is 62.9 Å². The maximum atomic E-state index is 12.0. The Hall–Kier alpha value is -0.700. The zero-order chi connectivity index (χ0) is 16.5. The molecule has 1 nitrogen and oxygen atoms in total. The average Bonchev–Trinajstić information content (AvgIpc) is 2.55. The second-order valence-electron chi connectivity index (χ2n) is 7.38. The SMILES string of the molecule is C/C=C/C1CCC(CCC2CCC(CCC=C(F)F)CC2)CO1. The Morgan fingerprint density at radius 2 is 1.52 bits per heavy atom. The predicted molar refractivity (Wildman–Crippen MR) is 91.5 cm³/mol. The van der Waals surface area contributed by atoms with E-state index >= 15 is 0 Å². The lowest BCUT2D eigenvalue weighted by atomic mass is 9.77. The molecule has 1 aliphatic carbocycles. The van der Waals surface area contributed by atoms with Gasteiger partial charge in [-0.15, -0.1) is 0 Å². The van der Waals surface area contributed by atoms with Crippen LogP contribution in [-0.2, 0) is 4.74 Å². The fraction of sp³-hybridized carbons (Fsp3) is 0.800. The van der Waals surface area contributed by atoms with Crippen LogP contribution in [-0.4, -0.2) is 12.7 Å². The minimum absolute atomic E-state index is 0.342. The van der Waals surface area contributed by atoms with Gasteiger partial charge in [0.2, 0.25) is 0 Å². The smallest absolute Gasteiger partial charge is 0.266 e. The molecule has 0 radical (unpaired) electrons. The van der Waals surface area contributed by atoms with Gasteiger partial charge >= 0.3 is 0 Å². The largest absolute Gasteiger partial charge is 0.374 e. The Morgan fingerprint density at radius 3 is 2.09 bits per heavy atom. The molecule has 0 bridgehead atoms. The van der Waals surface area contributed by atoms with Crippen LogP contribution in [0.5, 0.6) is 0 Å². The Labute approximate surface area is 140 Å². The van der Waals surface area contributed by atoms with Gasteiger partial charge in [0.05, 0.1) is 12.7 Å². The molecule has 0 amide bonds. The van der Waals surface area contributed by atoms with Crippen molar-refractivity contribution in [1.29, 1.82) is 0 Å². The van der Waals surface area contributed by atoms with Gasteiger partial charge in [0.25, 0.3) is 6.08 Å². The molecular formula is C20H32F2O. The summed E-state index contributed by atoms with van der Waals surface area (Å²) in [5.41, 5.74) is 0. The van der Waals surface area contributed by atoms with Gasteiger partial charge in [0, 0.05) is 0 Å². The van der Waals surface area contributed by atoms with Crippen molar-refractivity contribution >= 4 is 0 Å². The van der Waals surface area contributed by atoms with Gasteiger partial charge < -0.3 is 4.74 Å². The van der Waals surface area contributed by atoms with E-state index < -0.39 is 6.08 Å². The van der Waals surface area contributed by atoms with Crippen LogP contribution in [0.3, 0.4) is 0 Å². The van der Waals surface area contributed by atoms with Crippen molar-refractivity contribution in [1.82, 2.24) is 0 Å². The Balaban J connectivity index is 1.56. The molecule has 23 heavy (non-hydrogen) atoms. The van der Waals surface area contributed by atoms with Crippen LogP contribution in [0.2, 0.25) is 0 Å². The zero-order valence-electron chi connectivity index (χ0n) is 14.5. The molecule has 0 aromatic heterocycles. The van der Waals surface area contributed by atoms with Crippen molar-refractivity contribution in [3.05, 3.63) is 24.3 Å². The summed E-state index contributed by atoms with van der Waals surface area (Å²) in [5.74, 6) is 2.27. The third kappa shape index (κ3) is 7.15. The number of halogens is 2. The predicted octanol–water partition coefficient (Wildman–Crippen LogP) is 6.50. The fourth-order valence-corrected chi connectivity index (χ4v) is 4.13. The summed E-state index contributed by atoms with van der Waals surface area (Å²) in [5, 5.41) is 0. The van der Waals surface area contributed by atoms with Gasteiger partial charge in [-0.3, -0.25) is 0 Å². The molecule has 132 valence electrons. The lowest BCUT2D eigenvalue weighted by Crippen LogP contribution is -2.25. The minimum Gasteiger partial charge on any atom is -0.374 e. The molecule has 2 atom stereocenters. The molecule has 1 saturated heterocycles. The minimum atomic E-state index is -1.52. The van der Waals surface area contributed by atoms with Crippen molar-refractivity contribution in [2.75, 3.05) is 6.61 Å². The molecule has 2 aliphatic rings. The van der Waals surface area contributed by atoms with Crippen LogP contribution in [0.4, 0.5) is 8.78 Å². The van der Waals surface area contributed by atoms with Crippen LogP contribution < -0.4 is 0 Å². The number of hydrogen-bond acceptors (Lipinski definition) is 1. The first kappa shape index (κ1) is 18.6. The molecular weight excluding hydrogens is 294 g/mol. The van der Waals surface area contributed by atoms with Crippen LogP contribution in [0.1, 0.15) is 71.1 Å². The van der Waals surface area contributed by atoms with E-state index in [0.717, 1.165) is 30.9 Å². The zero-order valence-corrected chi connectivity index (χ0v) is 14.5. The van der Waals surface area contributed by atoms with E-state index in [2.05, 4.69) is 19.1 Å². The first-order valence-electron chi connectivity index (χ1n) is 9.43. The number of ether oxygens (including phenoxy) is 1. The highest BCUT2D eigenvalue weighted by atomic mass is 19.3. The Morgan fingerprint density at radius 1 is 0.913 bits per heavy atom. The van der Waals surface area contributed by atoms with Crippen molar-refractivity contribution < 1.29 is 13.5 Å². The van der Waals surface area contributed by atoms with E-state index in [1.54, 1.807) is 0 Å². The molecule has 0 N–H and O–H groups in total. The van der Waals surface area contributed by atoms with Crippen molar-refractivity contribution in [3.63, 3.8) is 0 Å². The lowest BCUT2D eigenvalue weighted by molar-refractivity contribution is 0.00607. The molecule has 1 heterocycles. The molecule has 2 rings (SSSR count). The highest BCUT2D eigenvalue weighted by Crippen LogP contribution is 2.35. The molecule has 0 aromatic rings. The molecule has 0 spiro atoms. The lowest BCUT2D eigenvalue weighted by Gasteiger charge is -2.31. The van der Waals surface area contributed by atoms with Crippen molar-refractivity contribution in [3.8, 4) is 0 Å². The van der Waals surface area contributed by atoms with Gasteiger partial charge in [-0.1, -0.05) is 44.3 Å². The highest BCUT2D eigenvalue weighted by Gasteiger charge is 2.24. The maximum Gasteiger partial charge on any atom is 0.266 e. The standard InChI is InChI=1S/C20H32F2O/c1-2-4-19-14-13-18(15-23-19)12-11-17-9-7-16(8-10-17)5-3-6-20(21)22/h2,4,6,16-19H,3,5,7-15H2,1H3/b4-2+. The topological polar surface area (TPSA) is 9.23 Å². The second kappa shape index (κ2) is 10.2. The summed E-state index contributed by atoms with van der Waals surface area (Å²) < 4.78 is 30.0. The van der Waals surface area contributed by atoms with E-state index in [1.165, 1.54) is 51.4 Å². The second-order valence-corrected chi connectivity index (χ2v) is 7.38. The van der Waals surface area contributed by atoms with E-state index in [9.17, 15) is 8.78 Å². The maximum absolute atomic E-state index is 12.0. The molecule has 2 unspecified atom stereocenters. The Kier molecular flexibility index (Phi) is 8.28. The normalized spacial score (nSPS) is 32.1. The summed E-state index contributed by atoms with van der Waals surface area (Å²) in [6.07, 6.45) is 15.8. The summed E-state index contributed by atoms with van der Waals surface area (Å²) in [4.78, 5) is 0. The van der Waals surface area contributed by atoms with Crippen molar-refractivity contribution in [2.45, 2.75) is 77.2 Å². The molecule has 1 aliphatic heterocycles. The van der Waals surface area contributed by atoms with E-state index in [4.69, 9.17) is 4.74 Å². The number of hydrogen-bond donors (Lipinski definition) is 0. The summed E-state index contributed by atoms with van der Waals surface area (Å²) in [7, 11) is 0. The number of rotatable bonds is 7. The molecule has 3 heteroatoms. The molecule has 2 fully saturated rings. The summed E-state index contributed by atoms with van der Waals surface area (Å²) in [6.45, 7) is 2.97. The van der Waals surface area contributed by atoms with Gasteiger partial charge in [-0.2, -0.15) is 8.78 Å². The first-order chi connectivity index (χ1) is 11.2. The van der Waals surface area contributed by atoms with Crippen LogP contribution in [0, 0.1) is 17.8 Å². The molecule has 0 aromatic carbocycles. The summed E-state index contributed by atoms with van der Waals surface area (Å²) >= 11 is 0. The summed E-state index contributed by atoms with van der Waals surface area (Å²) in [6, 6.07) is 0. The van der Waals surface area contributed by atoms with Crippen LogP contribution in [0.25, 0.3) is 0 Å². The average molecular weight is 326 g/mol. The van der Waals surface area contributed by atoms with E-state index in [-0.39, 0.29) is 0 Å². The monoisotopic (exact) mass is 326 g/mol. The van der Waals surface area contributed by atoms with Crippen LogP contribution >= 0.6 is 0 Å². The van der Waals surface area contributed by atoms with E-state index in [0.29, 0.717) is 18.4 Å². The van der Waals surface area contributed by atoms with Gasteiger partial charge in [0.1, 0.15) is 0 Å². The third-order valence-corrected chi connectivity index (χ3v) is 5.64. The third-order valence-electron chi connectivity index (χ3n) is 5.64.